The Morgan fingerprint density at radius 2 is 1.57 bits per heavy atom. The zero-order valence-electron chi connectivity index (χ0n) is 13.2. The summed E-state index contributed by atoms with van der Waals surface area (Å²) in [5.41, 5.74) is 5.78. The van der Waals surface area contributed by atoms with E-state index in [-0.39, 0.29) is 5.91 Å². The van der Waals surface area contributed by atoms with Gasteiger partial charge in [0.2, 0.25) is 0 Å². The molecule has 2 rings (SSSR count). The second-order valence-corrected chi connectivity index (χ2v) is 6.16. The van der Waals surface area contributed by atoms with Crippen molar-refractivity contribution < 1.29 is 4.79 Å². The van der Waals surface area contributed by atoms with Crippen molar-refractivity contribution in [2.24, 2.45) is 5.10 Å². The third-order valence-corrected chi connectivity index (χ3v) is 4.09. The molecule has 0 saturated heterocycles. The van der Waals surface area contributed by atoms with Gasteiger partial charge in [0.25, 0.3) is 5.91 Å². The molecule has 3 heteroatoms. The minimum absolute atomic E-state index is 0.111. The average molecular weight is 286 g/mol. The van der Waals surface area contributed by atoms with E-state index >= 15 is 0 Å². The number of hydrogen-bond donors (Lipinski definition) is 1. The molecule has 1 amide bonds. The fourth-order valence-corrected chi connectivity index (χ4v) is 2.64. The van der Waals surface area contributed by atoms with Gasteiger partial charge < -0.3 is 0 Å². The lowest BCUT2D eigenvalue weighted by Gasteiger charge is -2.11. The topological polar surface area (TPSA) is 41.5 Å². The fraction of sp³-hybridized carbons (Fsp3) is 0.556. The number of rotatable bonds is 3. The molecule has 1 aromatic rings. The maximum Gasteiger partial charge on any atom is 0.271 e. The normalized spacial score (nSPS) is 16.2. The molecular weight excluding hydrogens is 260 g/mol. The Bertz CT molecular complexity index is 478. The van der Waals surface area contributed by atoms with Crippen molar-refractivity contribution >= 4 is 11.6 Å². The van der Waals surface area contributed by atoms with E-state index in [1.807, 2.05) is 24.3 Å². The molecule has 1 aromatic carbocycles. The number of carbonyl (C=O) groups excluding carboxylic acids is 1. The van der Waals surface area contributed by atoms with Crippen LogP contribution >= 0.6 is 0 Å². The maximum absolute atomic E-state index is 12.1. The molecule has 21 heavy (non-hydrogen) atoms. The van der Waals surface area contributed by atoms with Crippen molar-refractivity contribution in [1.82, 2.24) is 5.43 Å². The average Bonchev–Trinajstić information content (AvgIpc) is 2.46. The Morgan fingerprint density at radius 3 is 2.14 bits per heavy atom. The molecule has 1 aliphatic rings. The first-order valence-electron chi connectivity index (χ1n) is 8.12. The zero-order valence-corrected chi connectivity index (χ0v) is 13.2. The number of nitrogens with zero attached hydrogens (tertiary/aromatic N) is 1. The van der Waals surface area contributed by atoms with Crippen molar-refractivity contribution in [2.75, 3.05) is 0 Å². The van der Waals surface area contributed by atoms with Gasteiger partial charge in [0.05, 0.1) is 0 Å². The van der Waals surface area contributed by atoms with Crippen molar-refractivity contribution in [3.05, 3.63) is 35.4 Å². The summed E-state index contributed by atoms with van der Waals surface area (Å²) in [5.74, 6) is 0.372. The first-order chi connectivity index (χ1) is 10.2. The van der Waals surface area contributed by atoms with Crippen LogP contribution in [0.25, 0.3) is 0 Å². The minimum atomic E-state index is -0.111. The molecule has 1 saturated carbocycles. The lowest BCUT2D eigenvalue weighted by molar-refractivity contribution is 0.0954. The number of carbonyl (C=O) groups is 1. The molecule has 1 fully saturated rings. The molecule has 3 nitrogen and oxygen atoms in total. The molecule has 0 bridgehead atoms. The van der Waals surface area contributed by atoms with Crippen LogP contribution in [0.3, 0.4) is 0 Å². The quantitative estimate of drug-likeness (QED) is 0.808. The molecule has 0 atom stereocenters. The number of benzene rings is 1. The van der Waals surface area contributed by atoms with E-state index in [9.17, 15) is 4.79 Å². The highest BCUT2D eigenvalue weighted by atomic mass is 16.2. The van der Waals surface area contributed by atoms with Crippen LogP contribution in [0.15, 0.2) is 29.4 Å². The highest BCUT2D eigenvalue weighted by Gasteiger charge is 2.08. The van der Waals surface area contributed by atoms with Crippen LogP contribution in [0.1, 0.15) is 80.6 Å². The molecule has 0 heterocycles. The molecule has 114 valence electrons. The predicted molar refractivity (Wildman–Crippen MR) is 87.8 cm³/mol. The fourth-order valence-electron chi connectivity index (χ4n) is 2.64. The summed E-state index contributed by atoms with van der Waals surface area (Å²) in [7, 11) is 0. The third-order valence-electron chi connectivity index (χ3n) is 4.09. The van der Waals surface area contributed by atoms with Crippen LogP contribution in [-0.2, 0) is 0 Å². The smallest absolute Gasteiger partial charge is 0.267 e. The van der Waals surface area contributed by atoms with Gasteiger partial charge >= 0.3 is 0 Å². The van der Waals surface area contributed by atoms with Gasteiger partial charge in [0, 0.05) is 11.3 Å². The Morgan fingerprint density at radius 1 is 1.00 bits per heavy atom. The van der Waals surface area contributed by atoms with E-state index in [1.165, 1.54) is 37.7 Å². The van der Waals surface area contributed by atoms with Crippen LogP contribution < -0.4 is 5.43 Å². The first-order valence-corrected chi connectivity index (χ1v) is 8.12. The molecule has 0 unspecified atom stereocenters. The van der Waals surface area contributed by atoms with Gasteiger partial charge in [0.15, 0.2) is 0 Å². The molecule has 1 aliphatic carbocycles. The molecular formula is C18H26N2O. The first kappa shape index (κ1) is 15.7. The molecule has 0 aromatic heterocycles. The van der Waals surface area contributed by atoms with Crippen LogP contribution in [0.2, 0.25) is 0 Å². The van der Waals surface area contributed by atoms with Gasteiger partial charge in [-0.1, -0.05) is 45.2 Å². The predicted octanol–water partition coefficient (Wildman–Crippen LogP) is 4.64. The molecule has 1 N–H and O–H groups in total. The van der Waals surface area contributed by atoms with Gasteiger partial charge in [-0.05, 0) is 49.3 Å². The third kappa shape index (κ3) is 5.00. The Kier molecular flexibility index (Phi) is 5.97. The van der Waals surface area contributed by atoms with Gasteiger partial charge in [0.1, 0.15) is 0 Å². The molecule has 0 aliphatic heterocycles. The summed E-state index contributed by atoms with van der Waals surface area (Å²) in [5, 5.41) is 4.34. The standard InChI is InChI=1S/C18H26N2O/c1-14(2)15-10-12-16(13-11-15)18(21)20-19-17-8-6-4-3-5-7-9-17/h10-14H,3-9H2,1-2H3,(H,20,21). The van der Waals surface area contributed by atoms with Gasteiger partial charge in [-0.15, -0.1) is 0 Å². The van der Waals surface area contributed by atoms with Gasteiger partial charge in [-0.2, -0.15) is 5.10 Å². The van der Waals surface area contributed by atoms with E-state index in [1.54, 1.807) is 0 Å². The molecule has 0 spiro atoms. The number of nitrogens with one attached hydrogen (secondary N) is 1. The maximum atomic E-state index is 12.1. The van der Waals surface area contributed by atoms with Crippen molar-refractivity contribution in [3.8, 4) is 0 Å². The Labute approximate surface area is 127 Å². The van der Waals surface area contributed by atoms with Crippen LogP contribution in [0.5, 0.6) is 0 Å². The number of amides is 1. The van der Waals surface area contributed by atoms with E-state index in [0.717, 1.165) is 18.6 Å². The minimum Gasteiger partial charge on any atom is -0.267 e. The second kappa shape index (κ2) is 7.96. The van der Waals surface area contributed by atoms with Crippen molar-refractivity contribution in [1.29, 1.82) is 0 Å². The summed E-state index contributed by atoms with van der Waals surface area (Å²) < 4.78 is 0. The van der Waals surface area contributed by atoms with E-state index in [2.05, 4.69) is 24.4 Å². The second-order valence-electron chi connectivity index (χ2n) is 6.16. The highest BCUT2D eigenvalue weighted by Crippen LogP contribution is 2.16. The largest absolute Gasteiger partial charge is 0.271 e. The van der Waals surface area contributed by atoms with Gasteiger partial charge in [-0.25, -0.2) is 5.43 Å². The van der Waals surface area contributed by atoms with E-state index in [0.29, 0.717) is 11.5 Å². The summed E-state index contributed by atoms with van der Waals surface area (Å²) in [6, 6.07) is 7.79. The zero-order chi connectivity index (χ0) is 15.1. The summed E-state index contributed by atoms with van der Waals surface area (Å²) in [6.07, 6.45) is 8.32. The Hall–Kier alpha value is -1.64. The van der Waals surface area contributed by atoms with Crippen molar-refractivity contribution in [2.45, 2.75) is 64.7 Å². The van der Waals surface area contributed by atoms with Crippen LogP contribution in [0.4, 0.5) is 0 Å². The number of hydrogen-bond acceptors (Lipinski definition) is 2. The summed E-state index contributed by atoms with van der Waals surface area (Å²) in [6.45, 7) is 4.30. The monoisotopic (exact) mass is 286 g/mol. The lowest BCUT2D eigenvalue weighted by atomic mass is 9.99. The Balaban J connectivity index is 1.93. The number of hydrazone groups is 1. The SMILES string of the molecule is CC(C)c1ccc(C(=O)NN=C2CCCCCCC2)cc1. The molecule has 0 radical (unpaired) electrons. The van der Waals surface area contributed by atoms with E-state index in [4.69, 9.17) is 0 Å². The summed E-state index contributed by atoms with van der Waals surface area (Å²) >= 11 is 0. The van der Waals surface area contributed by atoms with Crippen LogP contribution in [-0.4, -0.2) is 11.6 Å². The summed E-state index contributed by atoms with van der Waals surface area (Å²) in [4.78, 5) is 12.1. The van der Waals surface area contributed by atoms with Gasteiger partial charge in [-0.3, -0.25) is 4.79 Å². The lowest BCUT2D eigenvalue weighted by Crippen LogP contribution is -2.20. The highest BCUT2D eigenvalue weighted by molar-refractivity contribution is 5.95. The van der Waals surface area contributed by atoms with E-state index < -0.39 is 0 Å². The van der Waals surface area contributed by atoms with Crippen molar-refractivity contribution in [3.63, 3.8) is 0 Å². The van der Waals surface area contributed by atoms with Crippen LogP contribution in [0, 0.1) is 0 Å².